The predicted octanol–water partition coefficient (Wildman–Crippen LogP) is 3.62. The minimum Gasteiger partial charge on any atom is -0.507 e. The Kier molecular flexibility index (Phi) is 9.01. The number of hydrogen-bond donors (Lipinski definition) is 5. The van der Waals surface area contributed by atoms with E-state index in [9.17, 15) is 39.9 Å². The smallest absolute Gasteiger partial charge is 0.308 e. The van der Waals surface area contributed by atoms with Crippen molar-refractivity contribution < 1.29 is 54.1 Å². The summed E-state index contributed by atoms with van der Waals surface area (Å²) in [6.45, 7) is 2.03. The number of esters is 1. The van der Waals surface area contributed by atoms with Gasteiger partial charge in [-0.15, -0.1) is 0 Å². The number of carbonyl (C=O) groups is 3. The van der Waals surface area contributed by atoms with E-state index >= 15 is 0 Å². The highest BCUT2D eigenvalue weighted by molar-refractivity contribution is 6.31. The number of rotatable bonds is 7. The number of fused-ring (bicyclic) bond motifs is 2. The molecule has 6 rings (SSSR count). The minimum atomic E-state index is -1.66. The second-order valence-electron chi connectivity index (χ2n) is 12.2. The van der Waals surface area contributed by atoms with Crippen LogP contribution in [0.25, 0.3) is 12.2 Å². The maximum Gasteiger partial charge on any atom is 0.308 e. The maximum atomic E-state index is 14.5. The Bertz CT molecular complexity index is 1760. The van der Waals surface area contributed by atoms with Gasteiger partial charge in [0, 0.05) is 34.7 Å². The van der Waals surface area contributed by atoms with Crippen molar-refractivity contribution in [2.75, 3.05) is 0 Å². The summed E-state index contributed by atoms with van der Waals surface area (Å²) in [5.41, 5.74) is 0.495. The van der Waals surface area contributed by atoms with Crippen LogP contribution in [-0.2, 0) is 16.1 Å². The van der Waals surface area contributed by atoms with Gasteiger partial charge in [0.2, 0.25) is 6.29 Å². The molecule has 5 N–H and O–H groups in total. The molecule has 3 aromatic rings. The molecular weight excluding hydrogens is 608 g/mol. The van der Waals surface area contributed by atoms with Gasteiger partial charge in [0.25, 0.3) is 0 Å². The molecule has 246 valence electrons. The summed E-state index contributed by atoms with van der Waals surface area (Å²) >= 11 is 0. The molecule has 5 atom stereocenters. The molecule has 5 unspecified atom stereocenters. The van der Waals surface area contributed by atoms with E-state index < -0.39 is 60.6 Å². The van der Waals surface area contributed by atoms with Crippen molar-refractivity contribution in [3.05, 3.63) is 87.0 Å². The van der Waals surface area contributed by atoms with Gasteiger partial charge in [0.15, 0.2) is 11.6 Å². The van der Waals surface area contributed by atoms with Crippen molar-refractivity contribution >= 4 is 29.7 Å². The Morgan fingerprint density at radius 2 is 1.62 bits per heavy atom. The Labute approximate surface area is 270 Å². The van der Waals surface area contributed by atoms with Crippen molar-refractivity contribution in [2.24, 2.45) is 0 Å². The van der Waals surface area contributed by atoms with E-state index in [4.69, 9.17) is 14.2 Å². The van der Waals surface area contributed by atoms with Crippen LogP contribution in [0.1, 0.15) is 99.5 Å². The number of benzene rings is 3. The van der Waals surface area contributed by atoms with E-state index in [1.165, 1.54) is 26.0 Å². The molecule has 2 fully saturated rings. The molecule has 3 aromatic carbocycles. The normalized spacial score (nSPS) is 24.3. The van der Waals surface area contributed by atoms with Crippen molar-refractivity contribution in [1.29, 1.82) is 0 Å². The van der Waals surface area contributed by atoms with E-state index in [0.717, 1.165) is 18.4 Å². The van der Waals surface area contributed by atoms with Gasteiger partial charge >= 0.3 is 5.97 Å². The Hall–Kier alpha value is -4.39. The summed E-state index contributed by atoms with van der Waals surface area (Å²) in [7, 11) is 0. The van der Waals surface area contributed by atoms with Crippen molar-refractivity contribution in [2.45, 2.75) is 82.8 Å². The molecule has 11 nitrogen and oxygen atoms in total. The second-order valence-corrected chi connectivity index (χ2v) is 12.2. The third-order valence-electron chi connectivity index (χ3n) is 9.12. The minimum absolute atomic E-state index is 0.0162. The van der Waals surface area contributed by atoms with Gasteiger partial charge in [-0.05, 0) is 55.0 Å². The first kappa shape index (κ1) is 32.5. The summed E-state index contributed by atoms with van der Waals surface area (Å²) in [5, 5.41) is 53.4. The lowest BCUT2D eigenvalue weighted by Gasteiger charge is -2.39. The summed E-state index contributed by atoms with van der Waals surface area (Å²) < 4.78 is 17.2. The number of hydrogen-bond acceptors (Lipinski definition) is 11. The molecule has 0 radical (unpaired) electrons. The highest BCUT2D eigenvalue weighted by Crippen LogP contribution is 2.50. The largest absolute Gasteiger partial charge is 0.507 e. The zero-order valence-corrected chi connectivity index (χ0v) is 25.9. The molecular formula is C36H36O11. The Morgan fingerprint density at radius 3 is 2.28 bits per heavy atom. The zero-order valence-electron chi connectivity index (χ0n) is 25.9. The summed E-state index contributed by atoms with van der Waals surface area (Å²) in [5.74, 6) is -2.84. The molecule has 11 heteroatoms. The van der Waals surface area contributed by atoms with Gasteiger partial charge < -0.3 is 39.7 Å². The van der Waals surface area contributed by atoms with E-state index in [0.29, 0.717) is 12.8 Å². The number of phenols is 1. The number of carbonyl (C=O) groups excluding carboxylic acids is 3. The SMILES string of the molecule is CC(=O)Oc1cc(CO)c2c(c1C=Cc1ccccc1)C(=O)c1cc(OC3OC(C)C(O)C(O)C3O)c(C3CCCC3)c(O)c1C2=O. The van der Waals surface area contributed by atoms with Crippen molar-refractivity contribution in [1.82, 2.24) is 0 Å². The molecule has 1 saturated heterocycles. The van der Waals surface area contributed by atoms with Gasteiger partial charge in [-0.1, -0.05) is 49.2 Å². The van der Waals surface area contributed by atoms with Crippen LogP contribution in [0.2, 0.25) is 0 Å². The predicted molar refractivity (Wildman–Crippen MR) is 168 cm³/mol. The van der Waals surface area contributed by atoms with Gasteiger partial charge in [-0.25, -0.2) is 0 Å². The average Bonchev–Trinajstić information content (AvgIpc) is 3.58. The van der Waals surface area contributed by atoms with Gasteiger partial charge in [0.1, 0.15) is 35.6 Å². The van der Waals surface area contributed by atoms with E-state index in [1.54, 1.807) is 12.2 Å². The van der Waals surface area contributed by atoms with Crippen LogP contribution in [0.5, 0.6) is 17.2 Å². The third kappa shape index (κ3) is 5.85. The van der Waals surface area contributed by atoms with E-state index in [-0.39, 0.29) is 56.4 Å². The molecule has 0 amide bonds. The van der Waals surface area contributed by atoms with Gasteiger partial charge in [0.05, 0.1) is 18.3 Å². The standard InChI is InChI=1S/C36H36O11/c1-17-30(39)34(43)35(44)36(45-17)47-25-15-23-29(32(41)26(25)20-10-6-7-11-20)33(42)27-21(16-37)14-24(46-18(2)38)22(28(27)31(23)40)13-12-19-8-4-3-5-9-19/h3-5,8-9,12-15,17,20,30,34-37,39,41,43-44H,6-7,10-11,16H2,1-2H3. The first-order valence-corrected chi connectivity index (χ1v) is 15.6. The first-order valence-electron chi connectivity index (χ1n) is 15.6. The summed E-state index contributed by atoms with van der Waals surface area (Å²) in [4.78, 5) is 40.9. The molecule has 3 aliphatic rings. The number of aromatic hydroxyl groups is 1. The van der Waals surface area contributed by atoms with Crippen LogP contribution in [0.3, 0.4) is 0 Å². The average molecular weight is 645 g/mol. The zero-order chi connectivity index (χ0) is 33.6. The quantitative estimate of drug-likeness (QED) is 0.113. The number of aliphatic hydroxyl groups is 4. The van der Waals surface area contributed by atoms with Crippen LogP contribution < -0.4 is 9.47 Å². The van der Waals surface area contributed by atoms with Crippen LogP contribution in [-0.4, -0.2) is 73.8 Å². The topological polar surface area (TPSA) is 180 Å². The number of ether oxygens (including phenoxy) is 3. The molecule has 2 aliphatic carbocycles. The van der Waals surface area contributed by atoms with Crippen LogP contribution in [0.15, 0.2) is 42.5 Å². The molecule has 47 heavy (non-hydrogen) atoms. The maximum absolute atomic E-state index is 14.5. The fourth-order valence-electron chi connectivity index (χ4n) is 6.77. The monoisotopic (exact) mass is 644 g/mol. The third-order valence-corrected chi connectivity index (χ3v) is 9.12. The van der Waals surface area contributed by atoms with Gasteiger partial charge in [-0.3, -0.25) is 14.4 Å². The van der Waals surface area contributed by atoms with Crippen molar-refractivity contribution in [3.63, 3.8) is 0 Å². The molecule has 1 heterocycles. The fourth-order valence-corrected chi connectivity index (χ4v) is 6.77. The highest BCUT2D eigenvalue weighted by atomic mass is 16.7. The van der Waals surface area contributed by atoms with Gasteiger partial charge in [-0.2, -0.15) is 0 Å². The molecule has 0 spiro atoms. The molecule has 1 saturated carbocycles. The highest BCUT2D eigenvalue weighted by Gasteiger charge is 2.45. The van der Waals surface area contributed by atoms with Crippen LogP contribution >= 0.6 is 0 Å². The lowest BCUT2D eigenvalue weighted by atomic mass is 9.77. The Balaban J connectivity index is 1.55. The Morgan fingerprint density at radius 1 is 0.915 bits per heavy atom. The fraction of sp³-hybridized carbons (Fsp3) is 0.361. The van der Waals surface area contributed by atoms with Crippen LogP contribution in [0, 0.1) is 0 Å². The lowest BCUT2D eigenvalue weighted by Crippen LogP contribution is -2.58. The summed E-state index contributed by atoms with van der Waals surface area (Å²) in [6.07, 6.45) is -0.741. The molecule has 0 bridgehead atoms. The van der Waals surface area contributed by atoms with Crippen LogP contribution in [0.4, 0.5) is 0 Å². The van der Waals surface area contributed by atoms with E-state index in [2.05, 4.69) is 0 Å². The number of phenolic OH excluding ortho intramolecular Hbond substituents is 1. The lowest BCUT2D eigenvalue weighted by molar-refractivity contribution is -0.268. The number of aliphatic hydroxyl groups excluding tert-OH is 4. The van der Waals surface area contributed by atoms with E-state index in [1.807, 2.05) is 30.3 Å². The summed E-state index contributed by atoms with van der Waals surface area (Å²) in [6, 6.07) is 11.8. The first-order chi connectivity index (χ1) is 22.5. The molecule has 1 aliphatic heterocycles. The second kappa shape index (κ2) is 13.0. The number of ketones is 2. The molecule has 0 aromatic heterocycles. The van der Waals surface area contributed by atoms with Crippen molar-refractivity contribution in [3.8, 4) is 17.2 Å².